The Labute approximate surface area is 202 Å². The molecule has 1 aliphatic rings. The molecule has 0 aliphatic carbocycles. The van der Waals surface area contributed by atoms with Crippen molar-refractivity contribution in [3.8, 4) is 5.69 Å². The summed E-state index contributed by atoms with van der Waals surface area (Å²) in [5.74, 6) is -2.02. The smallest absolute Gasteiger partial charge is 0.481 e. The Morgan fingerprint density at radius 3 is 2.77 bits per heavy atom. The normalized spacial score (nSPS) is 13.2. The molecule has 0 spiro atoms. The zero-order chi connectivity index (χ0) is 24.8. The Bertz CT molecular complexity index is 1240. The lowest BCUT2D eigenvalue weighted by Gasteiger charge is -2.20. The van der Waals surface area contributed by atoms with Gasteiger partial charge in [-0.1, -0.05) is 31.5 Å². The van der Waals surface area contributed by atoms with Gasteiger partial charge in [0.05, 0.1) is 17.9 Å². The summed E-state index contributed by atoms with van der Waals surface area (Å²) in [4.78, 5) is 39.8. The number of aryl methyl sites for hydroxylation is 2. The molecule has 2 aromatic heterocycles. The average molecular weight is 483 g/mol. The van der Waals surface area contributed by atoms with Gasteiger partial charge in [0.2, 0.25) is 0 Å². The number of fused-ring (bicyclic) bond motifs is 3. The number of esters is 1. The molecule has 186 valence electrons. The van der Waals surface area contributed by atoms with Crippen molar-refractivity contribution in [3.63, 3.8) is 0 Å². The SMILES string of the molecule is CCCc1oc(=O)oc1COC(=O)CCCC[C@@H](Cc1ncn2c1CCc1ccccc1-2)C(=O)O. The number of para-hydroxylation sites is 1. The monoisotopic (exact) mass is 482 g/mol. The summed E-state index contributed by atoms with van der Waals surface area (Å²) in [5.41, 5.74) is 4.28. The van der Waals surface area contributed by atoms with E-state index in [0.717, 1.165) is 36.3 Å². The molecule has 0 bridgehead atoms. The second-order valence-electron chi connectivity index (χ2n) is 8.83. The minimum absolute atomic E-state index is 0.147. The van der Waals surface area contributed by atoms with Crippen LogP contribution in [-0.4, -0.2) is 26.6 Å². The van der Waals surface area contributed by atoms with Crippen LogP contribution in [0.4, 0.5) is 0 Å². The van der Waals surface area contributed by atoms with E-state index in [1.54, 1.807) is 6.33 Å². The first-order valence-corrected chi connectivity index (χ1v) is 12.1. The summed E-state index contributed by atoms with van der Waals surface area (Å²) in [6.45, 7) is 1.79. The number of carboxylic acids is 1. The van der Waals surface area contributed by atoms with Crippen molar-refractivity contribution in [2.75, 3.05) is 0 Å². The van der Waals surface area contributed by atoms with Crippen molar-refractivity contribution in [2.45, 2.75) is 71.3 Å². The number of aliphatic carboxylic acids is 1. The van der Waals surface area contributed by atoms with Gasteiger partial charge in [-0.3, -0.25) is 9.59 Å². The van der Waals surface area contributed by atoms with Gasteiger partial charge in [0.15, 0.2) is 18.1 Å². The minimum atomic E-state index is -0.857. The molecular formula is C26H30N2O7. The second-order valence-corrected chi connectivity index (χ2v) is 8.83. The number of carbonyl (C=O) groups excluding carboxylic acids is 1. The highest BCUT2D eigenvalue weighted by Crippen LogP contribution is 2.28. The fourth-order valence-electron chi connectivity index (χ4n) is 4.55. The van der Waals surface area contributed by atoms with Gasteiger partial charge in [-0.15, -0.1) is 0 Å². The lowest BCUT2D eigenvalue weighted by atomic mass is 9.93. The van der Waals surface area contributed by atoms with Crippen molar-refractivity contribution >= 4 is 11.9 Å². The quantitative estimate of drug-likeness (QED) is 0.303. The van der Waals surface area contributed by atoms with Gasteiger partial charge >= 0.3 is 17.8 Å². The van der Waals surface area contributed by atoms with Gasteiger partial charge in [0.1, 0.15) is 0 Å². The summed E-state index contributed by atoms with van der Waals surface area (Å²) < 4.78 is 17.2. The van der Waals surface area contributed by atoms with Crippen LogP contribution in [0.3, 0.4) is 0 Å². The van der Waals surface area contributed by atoms with Crippen LogP contribution in [0.2, 0.25) is 0 Å². The van der Waals surface area contributed by atoms with E-state index >= 15 is 0 Å². The largest absolute Gasteiger partial charge is 0.519 e. The summed E-state index contributed by atoms with van der Waals surface area (Å²) in [6, 6.07) is 8.19. The third-order valence-corrected chi connectivity index (χ3v) is 6.37. The van der Waals surface area contributed by atoms with Gasteiger partial charge in [0.25, 0.3) is 0 Å². The standard InChI is InChI=1S/C26H30N2O7/c1-2-7-22-23(35-26(32)34-22)15-33-24(29)11-6-4-9-18(25(30)31)14-19-21-13-12-17-8-3-5-10-20(17)28(21)16-27-19/h3,5,8,10,16,18H,2,4,6-7,9,11-15H2,1H3,(H,30,31)/t18-/m0/s1. The van der Waals surface area contributed by atoms with Crippen LogP contribution >= 0.6 is 0 Å². The third-order valence-electron chi connectivity index (χ3n) is 6.37. The molecule has 0 unspecified atom stereocenters. The molecule has 1 aliphatic heterocycles. The fraction of sp³-hybridized carbons (Fsp3) is 0.462. The van der Waals surface area contributed by atoms with Crippen molar-refractivity contribution < 1.29 is 28.3 Å². The zero-order valence-electron chi connectivity index (χ0n) is 19.8. The first kappa shape index (κ1) is 24.5. The van der Waals surface area contributed by atoms with Crippen molar-refractivity contribution in [3.05, 3.63) is 69.7 Å². The molecule has 0 amide bonds. The molecule has 4 rings (SSSR count). The van der Waals surface area contributed by atoms with Gasteiger partial charge in [-0.25, -0.2) is 9.78 Å². The van der Waals surface area contributed by atoms with E-state index < -0.39 is 23.7 Å². The van der Waals surface area contributed by atoms with Crippen LogP contribution in [0.5, 0.6) is 0 Å². The summed E-state index contributed by atoms with van der Waals surface area (Å²) >= 11 is 0. The maximum absolute atomic E-state index is 12.1. The van der Waals surface area contributed by atoms with E-state index in [9.17, 15) is 19.5 Å². The van der Waals surface area contributed by atoms with Crippen LogP contribution < -0.4 is 5.82 Å². The van der Waals surface area contributed by atoms with Gasteiger partial charge in [-0.05, 0) is 43.7 Å². The maximum Gasteiger partial charge on any atom is 0.519 e. The zero-order valence-corrected chi connectivity index (χ0v) is 19.8. The molecule has 3 heterocycles. The molecular weight excluding hydrogens is 452 g/mol. The summed E-state index contributed by atoms with van der Waals surface area (Å²) in [5, 5.41) is 9.75. The lowest BCUT2D eigenvalue weighted by molar-refractivity contribution is -0.145. The molecule has 35 heavy (non-hydrogen) atoms. The molecule has 0 saturated carbocycles. The van der Waals surface area contributed by atoms with E-state index in [-0.39, 0.29) is 18.8 Å². The predicted molar refractivity (Wildman–Crippen MR) is 125 cm³/mol. The van der Waals surface area contributed by atoms with Gasteiger partial charge in [-0.2, -0.15) is 0 Å². The van der Waals surface area contributed by atoms with Crippen LogP contribution in [0.15, 0.2) is 44.2 Å². The number of imidazole rings is 1. The Balaban J connectivity index is 1.26. The molecule has 1 atom stereocenters. The van der Waals surface area contributed by atoms with Crippen LogP contribution in [0.1, 0.15) is 67.5 Å². The molecule has 1 aromatic carbocycles. The Morgan fingerprint density at radius 2 is 1.97 bits per heavy atom. The Morgan fingerprint density at radius 1 is 1.17 bits per heavy atom. The van der Waals surface area contributed by atoms with Gasteiger partial charge in [0, 0.05) is 30.6 Å². The van der Waals surface area contributed by atoms with E-state index in [0.29, 0.717) is 37.9 Å². The summed E-state index contributed by atoms with van der Waals surface area (Å²) in [6.07, 6.45) is 6.89. The number of hydrogen-bond acceptors (Lipinski definition) is 7. The second kappa shape index (κ2) is 11.2. The number of carbonyl (C=O) groups is 2. The number of unbranched alkanes of at least 4 members (excludes halogenated alkanes) is 1. The van der Waals surface area contributed by atoms with Gasteiger partial charge < -0.3 is 23.2 Å². The number of nitrogens with zero attached hydrogens (tertiary/aromatic N) is 2. The number of hydrogen-bond donors (Lipinski definition) is 1. The molecule has 9 heteroatoms. The van der Waals surface area contributed by atoms with Crippen LogP contribution in [0, 0.1) is 5.92 Å². The van der Waals surface area contributed by atoms with Crippen LogP contribution in [0.25, 0.3) is 5.69 Å². The predicted octanol–water partition coefficient (Wildman–Crippen LogP) is 4.02. The lowest BCUT2D eigenvalue weighted by Crippen LogP contribution is -2.19. The van der Waals surface area contributed by atoms with E-state index in [4.69, 9.17) is 13.6 Å². The fourth-order valence-corrected chi connectivity index (χ4v) is 4.55. The average Bonchev–Trinajstić information content (AvgIpc) is 3.42. The van der Waals surface area contributed by atoms with Crippen LogP contribution in [-0.2, 0) is 46.6 Å². The van der Waals surface area contributed by atoms with Crippen molar-refractivity contribution in [1.29, 1.82) is 0 Å². The highest BCUT2D eigenvalue weighted by atomic mass is 16.6. The third kappa shape index (κ3) is 5.90. The van der Waals surface area contributed by atoms with E-state index in [1.807, 2.05) is 19.1 Å². The molecule has 1 N–H and O–H groups in total. The minimum Gasteiger partial charge on any atom is -0.481 e. The molecule has 9 nitrogen and oxygen atoms in total. The number of ether oxygens (including phenoxy) is 1. The summed E-state index contributed by atoms with van der Waals surface area (Å²) in [7, 11) is 0. The Hall–Kier alpha value is -3.62. The maximum atomic E-state index is 12.1. The van der Waals surface area contributed by atoms with Crippen molar-refractivity contribution in [2.24, 2.45) is 5.92 Å². The van der Waals surface area contributed by atoms with Crippen molar-refractivity contribution in [1.82, 2.24) is 9.55 Å². The highest BCUT2D eigenvalue weighted by molar-refractivity contribution is 5.70. The molecule has 0 saturated heterocycles. The molecule has 0 fully saturated rings. The number of benzene rings is 1. The topological polar surface area (TPSA) is 125 Å². The van der Waals surface area contributed by atoms with E-state index in [1.165, 1.54) is 5.56 Å². The number of carboxylic acid groups (broad SMARTS) is 1. The highest BCUT2D eigenvalue weighted by Gasteiger charge is 2.25. The first-order valence-electron chi connectivity index (χ1n) is 12.1. The first-order chi connectivity index (χ1) is 17.0. The number of aromatic nitrogens is 2. The Kier molecular flexibility index (Phi) is 7.84. The number of rotatable bonds is 12. The molecule has 0 radical (unpaired) electrons. The van der Waals surface area contributed by atoms with E-state index in [2.05, 4.69) is 21.7 Å². The molecule has 3 aromatic rings.